The summed E-state index contributed by atoms with van der Waals surface area (Å²) in [4.78, 5) is 0.0593. The van der Waals surface area contributed by atoms with Crippen LogP contribution in [0.15, 0.2) is 53.6 Å². The number of aromatic nitrogens is 2. The molecule has 0 unspecified atom stereocenters. The van der Waals surface area contributed by atoms with Crippen molar-refractivity contribution in [3.8, 4) is 0 Å². The fourth-order valence-corrected chi connectivity index (χ4v) is 3.57. The van der Waals surface area contributed by atoms with Gasteiger partial charge in [0.05, 0.1) is 16.6 Å². The van der Waals surface area contributed by atoms with Crippen LogP contribution in [0.2, 0.25) is 0 Å². The van der Waals surface area contributed by atoms with Crippen molar-refractivity contribution in [1.82, 2.24) is 14.5 Å². The molecule has 0 aliphatic carbocycles. The van der Waals surface area contributed by atoms with Crippen LogP contribution in [-0.4, -0.2) is 24.7 Å². The molecule has 0 aliphatic rings. The first-order valence-corrected chi connectivity index (χ1v) is 9.11. The Morgan fingerprint density at radius 1 is 1.17 bits per heavy atom. The fraction of sp³-hybridized carbons (Fsp3) is 0.235. The molecular weight excluding hydrogens is 329 g/mol. The summed E-state index contributed by atoms with van der Waals surface area (Å²) in [7, 11) is -3.61. The molecule has 7 heteroatoms. The van der Waals surface area contributed by atoms with Gasteiger partial charge in [-0.1, -0.05) is 12.1 Å². The number of benzene rings is 2. The fourth-order valence-electron chi connectivity index (χ4n) is 2.49. The lowest BCUT2D eigenvalue weighted by molar-refractivity contribution is 0.559. The smallest absolute Gasteiger partial charge is 0.240 e. The molecule has 1 aromatic heterocycles. The van der Waals surface area contributed by atoms with E-state index in [1.54, 1.807) is 6.20 Å². The third-order valence-electron chi connectivity index (χ3n) is 3.76. The van der Waals surface area contributed by atoms with Gasteiger partial charge in [-0.25, -0.2) is 17.5 Å². The first-order valence-electron chi connectivity index (χ1n) is 7.63. The zero-order valence-corrected chi connectivity index (χ0v) is 14.1. The van der Waals surface area contributed by atoms with Gasteiger partial charge in [-0.15, -0.1) is 0 Å². The number of fused-ring (bicyclic) bond motifs is 1. The average molecular weight is 347 g/mol. The summed E-state index contributed by atoms with van der Waals surface area (Å²) >= 11 is 0. The van der Waals surface area contributed by atoms with Gasteiger partial charge in [-0.05, 0) is 49.2 Å². The largest absolute Gasteiger partial charge is 0.265 e. The molecule has 126 valence electrons. The Morgan fingerprint density at radius 3 is 2.67 bits per heavy atom. The summed E-state index contributed by atoms with van der Waals surface area (Å²) in [6, 6.07) is 10.9. The van der Waals surface area contributed by atoms with E-state index in [0.717, 1.165) is 28.6 Å². The second kappa shape index (κ2) is 6.70. The maximum Gasteiger partial charge on any atom is 0.240 e. The van der Waals surface area contributed by atoms with E-state index in [-0.39, 0.29) is 11.4 Å². The minimum absolute atomic E-state index is 0.0593. The second-order valence-corrected chi connectivity index (χ2v) is 7.40. The molecule has 1 heterocycles. The number of aryl methyl sites for hydroxylation is 2. The third kappa shape index (κ3) is 3.63. The van der Waals surface area contributed by atoms with Crippen molar-refractivity contribution in [2.24, 2.45) is 0 Å². The minimum Gasteiger partial charge on any atom is -0.265 e. The van der Waals surface area contributed by atoms with Crippen LogP contribution >= 0.6 is 0 Å². The van der Waals surface area contributed by atoms with Gasteiger partial charge in [-0.2, -0.15) is 5.10 Å². The van der Waals surface area contributed by atoms with Crippen molar-refractivity contribution in [3.05, 3.63) is 60.0 Å². The number of sulfonamides is 1. The molecule has 3 aromatic rings. The lowest BCUT2D eigenvalue weighted by Crippen LogP contribution is -2.25. The van der Waals surface area contributed by atoms with Crippen LogP contribution in [0.1, 0.15) is 12.0 Å². The molecule has 0 spiro atoms. The molecule has 0 atom stereocenters. The summed E-state index contributed by atoms with van der Waals surface area (Å²) in [6.45, 7) is 2.92. The Hall–Kier alpha value is -2.25. The van der Waals surface area contributed by atoms with Gasteiger partial charge >= 0.3 is 0 Å². The lowest BCUT2D eigenvalue weighted by atomic mass is 10.2. The molecule has 0 radical (unpaired) electrons. The first kappa shape index (κ1) is 16.6. The maximum atomic E-state index is 12.9. The molecule has 3 rings (SSSR count). The van der Waals surface area contributed by atoms with E-state index in [2.05, 4.69) is 15.9 Å². The Kier molecular flexibility index (Phi) is 4.64. The number of hydrogen-bond acceptors (Lipinski definition) is 3. The number of nitrogens with one attached hydrogen (secondary N) is 1. The number of nitrogens with zero attached hydrogens (tertiary/aromatic N) is 2. The predicted octanol–water partition coefficient (Wildman–Crippen LogP) is 2.85. The van der Waals surface area contributed by atoms with Crippen molar-refractivity contribution >= 4 is 20.9 Å². The Morgan fingerprint density at radius 2 is 1.92 bits per heavy atom. The third-order valence-corrected chi connectivity index (χ3v) is 5.24. The SMILES string of the molecule is Cc1ccc2cnn(CCCNS(=O)(=O)c3ccc(F)cc3)c2c1. The number of hydrogen-bond donors (Lipinski definition) is 1. The molecule has 1 N–H and O–H groups in total. The van der Waals surface area contributed by atoms with Gasteiger partial charge in [0.2, 0.25) is 10.0 Å². The molecule has 0 fully saturated rings. The van der Waals surface area contributed by atoms with Crippen molar-refractivity contribution in [2.75, 3.05) is 6.54 Å². The van der Waals surface area contributed by atoms with E-state index in [1.165, 1.54) is 12.1 Å². The quantitative estimate of drug-likeness (QED) is 0.698. The van der Waals surface area contributed by atoms with Crippen molar-refractivity contribution in [1.29, 1.82) is 0 Å². The minimum atomic E-state index is -3.61. The van der Waals surface area contributed by atoms with Crippen LogP contribution in [0.5, 0.6) is 0 Å². The summed E-state index contributed by atoms with van der Waals surface area (Å²) < 4.78 is 41.5. The molecule has 0 saturated heterocycles. The van der Waals surface area contributed by atoms with Crippen LogP contribution in [-0.2, 0) is 16.6 Å². The number of halogens is 1. The van der Waals surface area contributed by atoms with Gasteiger partial charge in [0, 0.05) is 18.5 Å². The highest BCUT2D eigenvalue weighted by atomic mass is 32.2. The van der Waals surface area contributed by atoms with Gasteiger partial charge < -0.3 is 0 Å². The van der Waals surface area contributed by atoms with Crippen LogP contribution in [0, 0.1) is 12.7 Å². The second-order valence-electron chi connectivity index (χ2n) is 5.64. The summed E-state index contributed by atoms with van der Waals surface area (Å²) in [6.07, 6.45) is 2.41. The maximum absolute atomic E-state index is 12.9. The Balaban J connectivity index is 1.60. The van der Waals surface area contributed by atoms with Gasteiger partial charge in [0.1, 0.15) is 5.82 Å². The highest BCUT2D eigenvalue weighted by Crippen LogP contribution is 2.15. The number of rotatable bonds is 6. The van der Waals surface area contributed by atoms with Gasteiger partial charge in [0.25, 0.3) is 0 Å². The van der Waals surface area contributed by atoms with E-state index in [0.29, 0.717) is 13.0 Å². The zero-order valence-electron chi connectivity index (χ0n) is 13.2. The Bertz CT molecular complexity index is 950. The van der Waals surface area contributed by atoms with Gasteiger partial charge in [-0.3, -0.25) is 4.68 Å². The van der Waals surface area contributed by atoms with Crippen molar-refractivity contribution in [2.45, 2.75) is 24.8 Å². The topological polar surface area (TPSA) is 64.0 Å². The molecular formula is C17H18FN3O2S. The van der Waals surface area contributed by atoms with Gasteiger partial charge in [0.15, 0.2) is 0 Å². The monoisotopic (exact) mass is 347 g/mol. The van der Waals surface area contributed by atoms with E-state index in [9.17, 15) is 12.8 Å². The predicted molar refractivity (Wildman–Crippen MR) is 90.7 cm³/mol. The van der Waals surface area contributed by atoms with Crippen LogP contribution in [0.4, 0.5) is 4.39 Å². The van der Waals surface area contributed by atoms with Crippen LogP contribution < -0.4 is 4.72 Å². The summed E-state index contributed by atoms with van der Waals surface area (Å²) in [5.41, 5.74) is 2.19. The summed E-state index contributed by atoms with van der Waals surface area (Å²) in [5, 5.41) is 5.40. The molecule has 0 bridgehead atoms. The highest BCUT2D eigenvalue weighted by molar-refractivity contribution is 7.89. The standard InChI is InChI=1S/C17H18FN3O2S/c1-13-3-4-14-12-19-21(17(14)11-13)10-2-9-20-24(22,23)16-7-5-15(18)6-8-16/h3-8,11-12,20H,2,9-10H2,1H3. The van der Waals surface area contributed by atoms with E-state index < -0.39 is 15.8 Å². The van der Waals surface area contributed by atoms with Crippen molar-refractivity contribution < 1.29 is 12.8 Å². The highest BCUT2D eigenvalue weighted by Gasteiger charge is 2.13. The Labute approximate surface area is 140 Å². The first-order chi connectivity index (χ1) is 11.5. The normalized spacial score (nSPS) is 11.9. The van der Waals surface area contributed by atoms with E-state index in [4.69, 9.17) is 0 Å². The van der Waals surface area contributed by atoms with E-state index >= 15 is 0 Å². The molecule has 0 aliphatic heterocycles. The zero-order chi connectivity index (χ0) is 17.2. The van der Waals surface area contributed by atoms with Crippen LogP contribution in [0.3, 0.4) is 0 Å². The average Bonchev–Trinajstić information content (AvgIpc) is 2.94. The molecule has 5 nitrogen and oxygen atoms in total. The molecule has 24 heavy (non-hydrogen) atoms. The van der Waals surface area contributed by atoms with Crippen molar-refractivity contribution in [3.63, 3.8) is 0 Å². The molecule has 2 aromatic carbocycles. The summed E-state index contributed by atoms with van der Waals surface area (Å²) in [5.74, 6) is -0.463. The lowest BCUT2D eigenvalue weighted by Gasteiger charge is -2.08. The van der Waals surface area contributed by atoms with E-state index in [1.807, 2.05) is 23.7 Å². The molecule has 0 amide bonds. The van der Waals surface area contributed by atoms with Crippen LogP contribution in [0.25, 0.3) is 10.9 Å². The molecule has 0 saturated carbocycles.